The second-order valence-electron chi connectivity index (χ2n) is 3.54. The molecule has 0 bridgehead atoms. The lowest BCUT2D eigenvalue weighted by Gasteiger charge is -2.32. The maximum atomic E-state index is 6.14. The summed E-state index contributed by atoms with van der Waals surface area (Å²) in [7, 11) is 0. The van der Waals surface area contributed by atoms with Crippen LogP contribution in [0.25, 0.3) is 0 Å². The quantitative estimate of drug-likeness (QED) is 0.537. The Morgan fingerprint density at radius 2 is 1.92 bits per heavy atom. The summed E-state index contributed by atoms with van der Waals surface area (Å²) in [6.07, 6.45) is 10.5. The van der Waals surface area contributed by atoms with Crippen molar-refractivity contribution in [1.82, 2.24) is 6.15 Å². The highest BCUT2D eigenvalue weighted by Crippen LogP contribution is 2.41. The molecule has 12 heavy (non-hydrogen) atoms. The fourth-order valence-corrected chi connectivity index (χ4v) is 1.68. The third kappa shape index (κ3) is 1.31. The maximum Gasteiger partial charge on any atom is 0.0560 e. The van der Waals surface area contributed by atoms with Crippen molar-refractivity contribution in [3.63, 3.8) is 0 Å². The molecule has 0 amide bonds. The Kier molecular flexibility index (Phi) is 2.37. The molecule has 2 unspecified atom stereocenters. The fourth-order valence-electron chi connectivity index (χ4n) is 1.68. The van der Waals surface area contributed by atoms with Gasteiger partial charge in [-0.25, -0.2) is 0 Å². The molecule has 0 aromatic rings. The predicted molar refractivity (Wildman–Crippen MR) is 50.9 cm³/mol. The largest absolute Gasteiger partial charge is 0.344 e. The van der Waals surface area contributed by atoms with Gasteiger partial charge in [-0.15, -0.1) is 0 Å². The third-order valence-electron chi connectivity index (χ3n) is 2.68. The number of rotatable bonds is 1. The van der Waals surface area contributed by atoms with Gasteiger partial charge in [0.25, 0.3) is 0 Å². The van der Waals surface area contributed by atoms with Gasteiger partial charge < -0.3 is 17.6 Å². The third-order valence-corrected chi connectivity index (χ3v) is 2.68. The van der Waals surface area contributed by atoms with Gasteiger partial charge in [0, 0.05) is 6.04 Å². The van der Waals surface area contributed by atoms with E-state index < -0.39 is 0 Å². The summed E-state index contributed by atoms with van der Waals surface area (Å²) in [4.78, 5) is 0. The van der Waals surface area contributed by atoms with Crippen LogP contribution in [0.3, 0.4) is 0 Å². The molecule has 1 fully saturated rings. The second kappa shape index (κ2) is 3.01. The zero-order valence-corrected chi connectivity index (χ0v) is 7.24. The molecule has 0 heterocycles. The SMILES string of the molecule is N.NC1C=CC=CC1(N)C1CC1. The Balaban J connectivity index is 0.000000720. The number of hydrogen-bond acceptors (Lipinski definition) is 3. The molecule has 1 saturated carbocycles. The Labute approximate surface area is 73.1 Å². The molecule has 2 aliphatic rings. The van der Waals surface area contributed by atoms with Crippen molar-refractivity contribution in [3.8, 4) is 0 Å². The molecular weight excluding hydrogens is 150 g/mol. The van der Waals surface area contributed by atoms with Gasteiger partial charge >= 0.3 is 0 Å². The van der Waals surface area contributed by atoms with Crippen LogP contribution < -0.4 is 17.6 Å². The summed E-state index contributed by atoms with van der Waals surface area (Å²) in [6, 6.07) is 0.0139. The Hall–Kier alpha value is -0.640. The lowest BCUT2D eigenvalue weighted by molar-refractivity contribution is 0.414. The second-order valence-corrected chi connectivity index (χ2v) is 3.54. The zero-order valence-electron chi connectivity index (χ0n) is 7.24. The molecule has 0 spiro atoms. The normalized spacial score (nSPS) is 39.3. The average molecular weight is 167 g/mol. The van der Waals surface area contributed by atoms with Gasteiger partial charge in [0.1, 0.15) is 0 Å². The van der Waals surface area contributed by atoms with Crippen molar-refractivity contribution in [2.75, 3.05) is 0 Å². The van der Waals surface area contributed by atoms with E-state index in [9.17, 15) is 0 Å². The van der Waals surface area contributed by atoms with Crippen LogP contribution in [0.5, 0.6) is 0 Å². The van der Waals surface area contributed by atoms with Crippen LogP contribution in [-0.2, 0) is 0 Å². The predicted octanol–water partition coefficient (Wildman–Crippen LogP) is 0.709. The molecule has 7 N–H and O–H groups in total. The van der Waals surface area contributed by atoms with Gasteiger partial charge in [0.2, 0.25) is 0 Å². The minimum absolute atomic E-state index is 0. The summed E-state index contributed by atoms with van der Waals surface area (Å²) in [5.74, 6) is 0.624. The molecule has 2 rings (SSSR count). The Morgan fingerprint density at radius 1 is 1.25 bits per heavy atom. The van der Waals surface area contributed by atoms with Crippen molar-refractivity contribution < 1.29 is 0 Å². The first-order valence-electron chi connectivity index (χ1n) is 4.14. The van der Waals surface area contributed by atoms with Gasteiger partial charge in [0.05, 0.1) is 5.54 Å². The maximum absolute atomic E-state index is 6.14. The Morgan fingerprint density at radius 3 is 2.42 bits per heavy atom. The molecule has 2 atom stereocenters. The average Bonchev–Trinajstić information content (AvgIpc) is 2.77. The Bertz CT molecular complexity index is 218. The van der Waals surface area contributed by atoms with E-state index in [-0.39, 0.29) is 17.7 Å². The minimum Gasteiger partial charge on any atom is -0.344 e. The van der Waals surface area contributed by atoms with Crippen LogP contribution in [0.2, 0.25) is 0 Å². The molecule has 0 radical (unpaired) electrons. The van der Waals surface area contributed by atoms with Gasteiger partial charge in [-0.1, -0.05) is 24.3 Å². The fraction of sp³-hybridized carbons (Fsp3) is 0.556. The molecule has 3 heteroatoms. The first-order chi connectivity index (χ1) is 5.23. The number of nitrogens with two attached hydrogens (primary N) is 2. The molecule has 0 saturated heterocycles. The van der Waals surface area contributed by atoms with Crippen LogP contribution in [0.4, 0.5) is 0 Å². The smallest absolute Gasteiger partial charge is 0.0560 e. The summed E-state index contributed by atoms with van der Waals surface area (Å²) < 4.78 is 0. The molecule has 0 aliphatic heterocycles. The molecular formula is C9H17N3. The van der Waals surface area contributed by atoms with Crippen LogP contribution in [0, 0.1) is 5.92 Å². The van der Waals surface area contributed by atoms with E-state index in [4.69, 9.17) is 11.5 Å². The lowest BCUT2D eigenvalue weighted by Crippen LogP contribution is -2.55. The summed E-state index contributed by atoms with van der Waals surface area (Å²) >= 11 is 0. The van der Waals surface area contributed by atoms with Crippen molar-refractivity contribution in [3.05, 3.63) is 24.3 Å². The van der Waals surface area contributed by atoms with Crippen molar-refractivity contribution in [2.24, 2.45) is 17.4 Å². The van der Waals surface area contributed by atoms with Crippen LogP contribution in [0.1, 0.15) is 12.8 Å². The van der Waals surface area contributed by atoms with E-state index in [0.717, 1.165) is 0 Å². The van der Waals surface area contributed by atoms with Gasteiger partial charge in [-0.05, 0) is 18.8 Å². The number of allylic oxidation sites excluding steroid dienone is 2. The van der Waals surface area contributed by atoms with Crippen LogP contribution >= 0.6 is 0 Å². The van der Waals surface area contributed by atoms with Crippen molar-refractivity contribution >= 4 is 0 Å². The molecule has 0 aromatic heterocycles. The molecule has 3 nitrogen and oxygen atoms in total. The van der Waals surface area contributed by atoms with Gasteiger partial charge in [-0.3, -0.25) is 0 Å². The number of hydrogen-bond donors (Lipinski definition) is 3. The standard InChI is InChI=1S/C9H14N2.H3N/c10-8-3-1-2-6-9(8,11)7-4-5-7;/h1-3,6-8H,4-5,10-11H2;1H3. The van der Waals surface area contributed by atoms with Crippen LogP contribution in [0.15, 0.2) is 24.3 Å². The molecule has 0 aromatic carbocycles. The van der Waals surface area contributed by atoms with Gasteiger partial charge in [-0.2, -0.15) is 0 Å². The van der Waals surface area contributed by atoms with Gasteiger partial charge in [0.15, 0.2) is 0 Å². The van der Waals surface area contributed by atoms with E-state index in [1.807, 2.05) is 18.2 Å². The first kappa shape index (κ1) is 9.45. The summed E-state index contributed by atoms with van der Waals surface area (Å²) in [5, 5.41) is 0. The molecule has 68 valence electrons. The highest BCUT2D eigenvalue weighted by molar-refractivity contribution is 5.29. The van der Waals surface area contributed by atoms with E-state index in [2.05, 4.69) is 6.08 Å². The molecule has 2 aliphatic carbocycles. The van der Waals surface area contributed by atoms with E-state index in [1.165, 1.54) is 12.8 Å². The highest BCUT2D eigenvalue weighted by Gasteiger charge is 2.44. The van der Waals surface area contributed by atoms with Crippen LogP contribution in [-0.4, -0.2) is 11.6 Å². The summed E-state index contributed by atoms with van der Waals surface area (Å²) in [6.45, 7) is 0. The van der Waals surface area contributed by atoms with E-state index in [0.29, 0.717) is 5.92 Å². The zero-order chi connectivity index (χ0) is 7.90. The topological polar surface area (TPSA) is 87.0 Å². The first-order valence-corrected chi connectivity index (χ1v) is 4.14. The summed E-state index contributed by atoms with van der Waals surface area (Å²) in [5.41, 5.74) is 11.8. The van der Waals surface area contributed by atoms with Crippen molar-refractivity contribution in [2.45, 2.75) is 24.4 Å². The van der Waals surface area contributed by atoms with E-state index in [1.54, 1.807) is 0 Å². The minimum atomic E-state index is -0.241. The highest BCUT2D eigenvalue weighted by atomic mass is 14.9. The van der Waals surface area contributed by atoms with Crippen molar-refractivity contribution in [1.29, 1.82) is 0 Å². The van der Waals surface area contributed by atoms with E-state index >= 15 is 0 Å². The lowest BCUT2D eigenvalue weighted by atomic mass is 9.83. The monoisotopic (exact) mass is 167 g/mol.